The second-order valence-electron chi connectivity index (χ2n) is 19.8. The first-order valence-electron chi connectivity index (χ1n) is 25.4. The zero-order valence-corrected chi connectivity index (χ0v) is 43.1. The number of aromatic hydroxyl groups is 5. The average Bonchev–Trinajstić information content (AvgIpc) is 3.65. The minimum Gasteiger partial charge on any atom is -0.508 e. The molecule has 4 saturated heterocycles. The van der Waals surface area contributed by atoms with Gasteiger partial charge in [0.1, 0.15) is 133 Å². The van der Waals surface area contributed by atoms with E-state index in [0.717, 1.165) is 30.3 Å². The Morgan fingerprint density at radius 1 is 0.458 bits per heavy atom. The molecule has 5 aromatic rings. The number of benzene rings is 4. The maximum atomic E-state index is 13.2. The van der Waals surface area contributed by atoms with Crippen molar-refractivity contribution in [1.82, 2.24) is 0 Å². The Labute approximate surface area is 467 Å². The molecule has 1 aromatic heterocycles. The highest BCUT2D eigenvalue weighted by Crippen LogP contribution is 2.45. The van der Waals surface area contributed by atoms with Crippen LogP contribution in [0.3, 0.4) is 0 Å². The van der Waals surface area contributed by atoms with Crippen molar-refractivity contribution in [3.63, 3.8) is 0 Å². The third kappa shape index (κ3) is 12.9. The van der Waals surface area contributed by atoms with Gasteiger partial charge in [-0.2, -0.15) is 0 Å². The van der Waals surface area contributed by atoms with E-state index in [1.807, 2.05) is 0 Å². The third-order valence-corrected chi connectivity index (χ3v) is 14.1. The van der Waals surface area contributed by atoms with E-state index < -0.39 is 189 Å². The van der Waals surface area contributed by atoms with E-state index >= 15 is 0 Å². The maximum Gasteiger partial charge on any atom is 0.402 e. The minimum absolute atomic E-state index is 0.0170. The van der Waals surface area contributed by atoms with E-state index in [9.17, 15) is 96.4 Å². The van der Waals surface area contributed by atoms with Crippen molar-refractivity contribution in [1.29, 1.82) is 0 Å². The second-order valence-corrected chi connectivity index (χ2v) is 19.8. The summed E-state index contributed by atoms with van der Waals surface area (Å²) in [6, 6.07) is 15.1. The van der Waals surface area contributed by atoms with Crippen molar-refractivity contribution in [2.45, 2.75) is 130 Å². The Morgan fingerprint density at radius 3 is 1.42 bits per heavy atom. The Bertz CT molecular complexity index is 3050. The van der Waals surface area contributed by atoms with Crippen LogP contribution in [0.1, 0.15) is 27.6 Å². The summed E-state index contributed by atoms with van der Waals surface area (Å²) in [6.45, 7) is -0.607. The number of aliphatic hydroxyl groups excluding tert-OH is 12. The van der Waals surface area contributed by atoms with Crippen molar-refractivity contribution in [3.05, 3.63) is 90.0 Å². The quantitative estimate of drug-likeness (QED) is 0.0266. The van der Waals surface area contributed by atoms with E-state index in [1.54, 1.807) is 0 Å². The number of ether oxygens (including phenoxy) is 10. The number of phenolic OH excluding ortho intramolecular Hbond substituents is 5. The summed E-state index contributed by atoms with van der Waals surface area (Å²) in [5.41, 5.74) is -0.547. The summed E-state index contributed by atoms with van der Waals surface area (Å²) in [7, 11) is 0. The fraction of sp³-hybridized carbons (Fsp3) is 0.453. The first kappa shape index (κ1) is 60.5. The van der Waals surface area contributed by atoms with E-state index in [0.29, 0.717) is 0 Å². The van der Waals surface area contributed by atoms with Gasteiger partial charge in [0, 0.05) is 24.3 Å². The molecule has 20 atom stereocenters. The van der Waals surface area contributed by atoms with Crippen molar-refractivity contribution in [2.75, 3.05) is 19.8 Å². The predicted octanol–water partition coefficient (Wildman–Crippen LogP) is -2.97. The zero-order chi connectivity index (χ0) is 59.9. The van der Waals surface area contributed by atoms with Gasteiger partial charge in [-0.15, -0.1) is 0 Å². The molecule has 17 N–H and O–H groups in total. The van der Waals surface area contributed by atoms with Crippen LogP contribution in [0.15, 0.2) is 83.3 Å². The number of carbonyl (C=O) groups excluding carboxylic acids is 2. The molecule has 30 nitrogen and oxygen atoms in total. The zero-order valence-electron chi connectivity index (χ0n) is 43.1. The van der Waals surface area contributed by atoms with Gasteiger partial charge in [-0.25, -0.2) is 14.0 Å². The average molecular weight is 1180 g/mol. The lowest BCUT2D eigenvalue weighted by Crippen LogP contribution is -2.61. The number of hydrogen-bond acceptors (Lipinski definition) is 29. The van der Waals surface area contributed by atoms with Gasteiger partial charge >= 0.3 is 23.3 Å². The van der Waals surface area contributed by atoms with Gasteiger partial charge in [0.25, 0.3) is 0 Å². The van der Waals surface area contributed by atoms with Gasteiger partial charge in [-0.1, -0.05) is 0 Å². The molecule has 0 aliphatic carbocycles. The number of hydrogen-bond donors (Lipinski definition) is 17. The Balaban J connectivity index is 0.865. The van der Waals surface area contributed by atoms with Crippen LogP contribution in [0.25, 0.3) is 22.3 Å². The number of carbonyl (C=O) groups is 2. The lowest BCUT2D eigenvalue weighted by atomic mass is 9.98. The number of rotatable bonds is 16. The maximum absolute atomic E-state index is 13.2. The molecule has 4 aliphatic heterocycles. The molecule has 5 heterocycles. The van der Waals surface area contributed by atoms with Gasteiger partial charge in [0.2, 0.25) is 24.6 Å². The topological polar surface area (TPSA) is 482 Å². The molecule has 30 heteroatoms. The molecule has 4 aromatic carbocycles. The third-order valence-electron chi connectivity index (χ3n) is 14.1. The molecule has 450 valence electrons. The van der Waals surface area contributed by atoms with Gasteiger partial charge in [-0.05, 0) is 55.5 Å². The summed E-state index contributed by atoms with van der Waals surface area (Å²) in [5.74, 6) is -6.48. The Morgan fingerprint density at radius 2 is 0.904 bits per heavy atom. The molecule has 0 saturated carbocycles. The highest BCUT2D eigenvalue weighted by Gasteiger charge is 2.50. The van der Waals surface area contributed by atoms with Gasteiger partial charge < -0.3 is 134 Å². The highest BCUT2D eigenvalue weighted by molar-refractivity contribution is 5.90. The van der Waals surface area contributed by atoms with Crippen LogP contribution in [-0.4, -0.2) is 241 Å². The van der Waals surface area contributed by atoms with Crippen molar-refractivity contribution in [2.24, 2.45) is 0 Å². The summed E-state index contributed by atoms with van der Waals surface area (Å²) in [5, 5.41) is 179. The SMILES string of the molecule is C[C@@H]1O[C@@H](OC[C@H]2O[C@@H](Oc3cc4c(O)cc(O[C@@H]5O[C@H](COC(=O)c6ccc(O[C@@H]7O[C@H](COC(=O)c8ccc(O)cc8)[C@@H](O)[C@H](O)[C@H]7O)cc6)[C@@H](O)[C@H](O)[C@H]5O)cc4[o+]c3-c3cc(O)c(O)c(O)c3)[C@H](O)[C@@H](O)[C@@H]2O)[C@H](O)[C@H](O)[C@H]1O. The largest absolute Gasteiger partial charge is 0.508 e. The fourth-order valence-corrected chi connectivity index (χ4v) is 9.20. The van der Waals surface area contributed by atoms with Crippen LogP contribution in [0.4, 0.5) is 0 Å². The molecule has 83 heavy (non-hydrogen) atoms. The Hall–Kier alpha value is -7.05. The molecule has 4 fully saturated rings. The highest BCUT2D eigenvalue weighted by atomic mass is 16.7. The van der Waals surface area contributed by atoms with Crippen LogP contribution in [0.5, 0.6) is 46.0 Å². The van der Waals surface area contributed by atoms with Gasteiger partial charge in [0.15, 0.2) is 23.5 Å². The number of phenols is 5. The normalized spacial score (nSPS) is 33.7. The van der Waals surface area contributed by atoms with Crippen LogP contribution >= 0.6 is 0 Å². The van der Waals surface area contributed by atoms with Crippen LogP contribution < -0.4 is 14.2 Å². The van der Waals surface area contributed by atoms with Crippen molar-refractivity contribution < 1.29 is 148 Å². The number of aliphatic hydroxyl groups is 12. The summed E-state index contributed by atoms with van der Waals surface area (Å²) >= 11 is 0. The number of fused-ring (bicyclic) bond motifs is 1. The van der Waals surface area contributed by atoms with Crippen molar-refractivity contribution in [3.8, 4) is 57.3 Å². The lowest BCUT2D eigenvalue weighted by Gasteiger charge is -2.42. The first-order valence-corrected chi connectivity index (χ1v) is 25.4. The second kappa shape index (κ2) is 25.0. The molecule has 0 amide bonds. The molecular weight excluding hydrogens is 1120 g/mol. The summed E-state index contributed by atoms with van der Waals surface area (Å²) in [4.78, 5) is 25.7. The number of esters is 2. The van der Waals surface area contributed by atoms with Gasteiger partial charge in [0.05, 0.1) is 35.5 Å². The molecular formula is C53H59O30+. The van der Waals surface area contributed by atoms with Crippen molar-refractivity contribution >= 4 is 22.9 Å². The summed E-state index contributed by atoms with van der Waals surface area (Å²) in [6.07, 6.45) is -34.4. The summed E-state index contributed by atoms with van der Waals surface area (Å²) < 4.78 is 62.1. The molecule has 0 bridgehead atoms. The standard InChI is InChI=1S/C53H58O30/c1-18-34(58)39(63)43(67)50(76-18)75-17-33-38(62)42(66)46(70)53(83-33)80-30-14-25-26(55)12-24(13-29(25)79-47(30)21-10-27(56)35(59)28(57)11-21)78-52-45(69)41(65)37(61)32(82-52)16-74-49(72)20-4-8-23(9-5-20)77-51-44(68)40(64)36(60)31(81-51)15-73-48(71)19-2-6-22(54)7-3-19/h2-14,18,31-34,36-46,50-53,58,60-70H,15-17H2,1H3,(H4-,54,55,56,57,59,71)/p+1/t18-,31+,32+,33+,34-,36+,37+,38+,39+,40-,41-,42-,43+,44+,45+,46+,50+,51+,52+,53+/m0/s1. The van der Waals surface area contributed by atoms with Gasteiger partial charge in [-0.3, -0.25) is 0 Å². The Kier molecular flexibility index (Phi) is 18.3. The monoisotopic (exact) mass is 1180 g/mol. The molecule has 0 unspecified atom stereocenters. The molecule has 9 rings (SSSR count). The van der Waals surface area contributed by atoms with Crippen LogP contribution in [-0.2, 0) is 33.2 Å². The van der Waals surface area contributed by atoms with E-state index in [2.05, 4.69) is 0 Å². The van der Waals surface area contributed by atoms with E-state index in [-0.39, 0.29) is 44.9 Å². The smallest absolute Gasteiger partial charge is 0.402 e. The molecule has 0 radical (unpaired) electrons. The van der Waals surface area contributed by atoms with E-state index in [1.165, 1.54) is 55.5 Å². The van der Waals surface area contributed by atoms with Crippen LogP contribution in [0.2, 0.25) is 0 Å². The fourth-order valence-electron chi connectivity index (χ4n) is 9.20. The lowest BCUT2D eigenvalue weighted by molar-refractivity contribution is -0.318. The first-order chi connectivity index (χ1) is 39.4. The van der Waals surface area contributed by atoms with Crippen LogP contribution in [0, 0.1) is 0 Å². The molecule has 0 spiro atoms. The van der Waals surface area contributed by atoms with E-state index in [4.69, 9.17) is 51.8 Å². The predicted molar refractivity (Wildman–Crippen MR) is 268 cm³/mol. The minimum atomic E-state index is -2.03. The molecule has 4 aliphatic rings.